The molecule has 0 aromatic heterocycles. The Morgan fingerprint density at radius 1 is 1.14 bits per heavy atom. The molecule has 2 nitrogen and oxygen atoms in total. The number of rotatable bonds is 6. The van der Waals surface area contributed by atoms with E-state index in [2.05, 4.69) is 5.32 Å². The van der Waals surface area contributed by atoms with Gasteiger partial charge in [-0.25, -0.2) is 4.39 Å². The van der Waals surface area contributed by atoms with E-state index in [-0.39, 0.29) is 5.82 Å². The molecule has 3 aliphatic rings. The van der Waals surface area contributed by atoms with Crippen molar-refractivity contribution in [1.82, 2.24) is 5.32 Å². The zero-order valence-corrected chi connectivity index (χ0v) is 12.5. The van der Waals surface area contributed by atoms with Gasteiger partial charge in [0.25, 0.3) is 0 Å². The monoisotopic (exact) mass is 289 g/mol. The Bertz CT molecular complexity index is 514. The molecule has 0 heterocycles. The first-order valence-corrected chi connectivity index (χ1v) is 8.42. The van der Waals surface area contributed by atoms with Gasteiger partial charge in [0.15, 0.2) is 0 Å². The van der Waals surface area contributed by atoms with E-state index >= 15 is 0 Å². The second-order valence-corrected chi connectivity index (χ2v) is 7.15. The molecule has 3 fully saturated rings. The van der Waals surface area contributed by atoms with Crippen molar-refractivity contribution in [3.8, 4) is 5.75 Å². The Morgan fingerprint density at radius 3 is 2.76 bits per heavy atom. The van der Waals surface area contributed by atoms with Gasteiger partial charge in [0, 0.05) is 18.2 Å². The van der Waals surface area contributed by atoms with Crippen LogP contribution in [0.2, 0.25) is 0 Å². The van der Waals surface area contributed by atoms with Crippen molar-refractivity contribution in [3.63, 3.8) is 0 Å². The first kappa shape index (κ1) is 13.6. The van der Waals surface area contributed by atoms with Crippen molar-refractivity contribution in [2.24, 2.45) is 17.8 Å². The second-order valence-electron chi connectivity index (χ2n) is 7.15. The molecule has 1 aromatic carbocycles. The summed E-state index contributed by atoms with van der Waals surface area (Å²) in [4.78, 5) is 0. The van der Waals surface area contributed by atoms with Crippen molar-refractivity contribution in [1.29, 1.82) is 0 Å². The topological polar surface area (TPSA) is 21.3 Å². The van der Waals surface area contributed by atoms with Crippen molar-refractivity contribution < 1.29 is 9.13 Å². The number of hydrogen-bond donors (Lipinski definition) is 1. The van der Waals surface area contributed by atoms with Crippen LogP contribution < -0.4 is 10.1 Å². The summed E-state index contributed by atoms with van der Waals surface area (Å²) >= 11 is 0. The van der Waals surface area contributed by atoms with Crippen LogP contribution in [0.4, 0.5) is 4.39 Å². The number of hydrogen-bond acceptors (Lipinski definition) is 2. The molecule has 3 heteroatoms. The van der Waals surface area contributed by atoms with Crippen LogP contribution in [0.25, 0.3) is 0 Å². The third-order valence-electron chi connectivity index (χ3n) is 5.52. The summed E-state index contributed by atoms with van der Waals surface area (Å²) in [5.74, 6) is 3.25. The largest absolute Gasteiger partial charge is 0.493 e. The van der Waals surface area contributed by atoms with E-state index in [1.54, 1.807) is 12.1 Å². The fourth-order valence-electron chi connectivity index (χ4n) is 4.15. The van der Waals surface area contributed by atoms with Crippen LogP contribution in [0.1, 0.15) is 44.1 Å². The SMILES string of the molecule is Fc1ccc(OCC2CC3CCC2C3)c(CNC2CC2)c1. The van der Waals surface area contributed by atoms with Crippen LogP contribution in [0, 0.1) is 23.6 Å². The lowest BCUT2D eigenvalue weighted by Gasteiger charge is -2.22. The van der Waals surface area contributed by atoms with E-state index in [0.29, 0.717) is 12.6 Å². The molecule has 1 aromatic rings. The fraction of sp³-hybridized carbons (Fsp3) is 0.667. The molecule has 0 saturated heterocycles. The summed E-state index contributed by atoms with van der Waals surface area (Å²) in [5.41, 5.74) is 0.963. The molecule has 2 bridgehead atoms. The standard InChI is InChI=1S/C18H24FNO/c19-16-3-6-18(14(9-16)10-20-17-4-5-17)21-11-15-8-12-1-2-13(15)7-12/h3,6,9,12-13,15,17,20H,1-2,4-5,7-8,10-11H2. The van der Waals surface area contributed by atoms with Gasteiger partial charge in [-0.2, -0.15) is 0 Å². The highest BCUT2D eigenvalue weighted by molar-refractivity contribution is 5.34. The lowest BCUT2D eigenvalue weighted by Crippen LogP contribution is -2.20. The van der Waals surface area contributed by atoms with Crippen molar-refractivity contribution >= 4 is 0 Å². The van der Waals surface area contributed by atoms with Crippen molar-refractivity contribution in [2.75, 3.05) is 6.61 Å². The number of halogens is 1. The van der Waals surface area contributed by atoms with Crippen LogP contribution >= 0.6 is 0 Å². The van der Waals surface area contributed by atoms with Gasteiger partial charge in [0.2, 0.25) is 0 Å². The van der Waals surface area contributed by atoms with Crippen LogP contribution in [0.15, 0.2) is 18.2 Å². The van der Waals surface area contributed by atoms with Crippen LogP contribution in [-0.4, -0.2) is 12.6 Å². The molecular formula is C18H24FNO. The fourth-order valence-corrected chi connectivity index (χ4v) is 4.15. The maximum absolute atomic E-state index is 13.5. The average Bonchev–Trinajstić information content (AvgIpc) is 3.08. The maximum Gasteiger partial charge on any atom is 0.123 e. The minimum atomic E-state index is -0.171. The summed E-state index contributed by atoms with van der Waals surface area (Å²) in [7, 11) is 0. The molecule has 114 valence electrons. The van der Waals surface area contributed by atoms with E-state index < -0.39 is 0 Å². The van der Waals surface area contributed by atoms with E-state index in [1.807, 2.05) is 0 Å². The molecule has 0 amide bonds. The van der Waals surface area contributed by atoms with Gasteiger partial charge in [-0.3, -0.25) is 0 Å². The summed E-state index contributed by atoms with van der Waals surface area (Å²) in [5, 5.41) is 3.45. The molecule has 3 unspecified atom stereocenters. The number of benzene rings is 1. The molecule has 3 atom stereocenters. The highest BCUT2D eigenvalue weighted by Gasteiger charge is 2.39. The number of ether oxygens (including phenoxy) is 1. The highest BCUT2D eigenvalue weighted by atomic mass is 19.1. The van der Waals surface area contributed by atoms with E-state index in [4.69, 9.17) is 4.74 Å². The predicted octanol–water partition coefficient (Wildman–Crippen LogP) is 3.89. The maximum atomic E-state index is 13.5. The molecule has 21 heavy (non-hydrogen) atoms. The molecule has 0 aliphatic heterocycles. The molecule has 4 rings (SSSR count). The molecule has 3 saturated carbocycles. The van der Waals surface area contributed by atoms with Crippen LogP contribution in [0.3, 0.4) is 0 Å². The zero-order chi connectivity index (χ0) is 14.2. The zero-order valence-electron chi connectivity index (χ0n) is 12.5. The van der Waals surface area contributed by atoms with E-state index in [0.717, 1.165) is 35.7 Å². The van der Waals surface area contributed by atoms with Gasteiger partial charge >= 0.3 is 0 Å². The second kappa shape index (κ2) is 5.60. The summed E-state index contributed by atoms with van der Waals surface area (Å²) in [6.07, 6.45) is 8.05. The van der Waals surface area contributed by atoms with Crippen LogP contribution in [-0.2, 0) is 6.54 Å². The van der Waals surface area contributed by atoms with Gasteiger partial charge in [-0.05, 0) is 68.1 Å². The highest BCUT2D eigenvalue weighted by Crippen LogP contribution is 2.48. The van der Waals surface area contributed by atoms with Crippen LogP contribution in [0.5, 0.6) is 5.75 Å². The Hall–Kier alpha value is -1.09. The van der Waals surface area contributed by atoms with Gasteiger partial charge in [0.05, 0.1) is 6.61 Å². The van der Waals surface area contributed by atoms with Gasteiger partial charge in [-0.1, -0.05) is 6.42 Å². The van der Waals surface area contributed by atoms with E-state index in [1.165, 1.54) is 44.6 Å². The van der Waals surface area contributed by atoms with Crippen molar-refractivity contribution in [3.05, 3.63) is 29.6 Å². The molecule has 3 aliphatic carbocycles. The lowest BCUT2D eigenvalue weighted by atomic mass is 9.89. The molecular weight excluding hydrogens is 265 g/mol. The van der Waals surface area contributed by atoms with Crippen molar-refractivity contribution in [2.45, 2.75) is 51.1 Å². The van der Waals surface area contributed by atoms with Gasteiger partial charge < -0.3 is 10.1 Å². The average molecular weight is 289 g/mol. The number of fused-ring (bicyclic) bond motifs is 2. The molecule has 0 spiro atoms. The first-order chi connectivity index (χ1) is 10.3. The van der Waals surface area contributed by atoms with E-state index in [9.17, 15) is 4.39 Å². The first-order valence-electron chi connectivity index (χ1n) is 8.42. The molecule has 0 radical (unpaired) electrons. The summed E-state index contributed by atoms with van der Waals surface area (Å²) in [6.45, 7) is 1.53. The normalized spacial score (nSPS) is 30.8. The Kier molecular flexibility index (Phi) is 3.62. The Morgan fingerprint density at radius 2 is 2.05 bits per heavy atom. The third kappa shape index (κ3) is 3.08. The quantitative estimate of drug-likeness (QED) is 0.857. The van der Waals surface area contributed by atoms with Gasteiger partial charge in [-0.15, -0.1) is 0 Å². The lowest BCUT2D eigenvalue weighted by molar-refractivity contribution is 0.193. The third-order valence-corrected chi connectivity index (χ3v) is 5.52. The summed E-state index contributed by atoms with van der Waals surface area (Å²) in [6, 6.07) is 5.56. The smallest absolute Gasteiger partial charge is 0.123 e. The Labute approximate surface area is 126 Å². The van der Waals surface area contributed by atoms with Gasteiger partial charge in [0.1, 0.15) is 11.6 Å². The molecule has 1 N–H and O–H groups in total. The Balaban J connectivity index is 1.38. The minimum absolute atomic E-state index is 0.171. The summed E-state index contributed by atoms with van der Waals surface area (Å²) < 4.78 is 19.5. The minimum Gasteiger partial charge on any atom is -0.493 e. The predicted molar refractivity (Wildman–Crippen MR) is 80.7 cm³/mol. The number of nitrogens with one attached hydrogen (secondary N) is 1.